The molecular weight excluding hydrogens is 795 g/mol. The molecule has 1 saturated carbocycles. The largest absolute Gasteiger partial charge is 0.508 e. The molecule has 2 amide bonds. The maximum atomic E-state index is 15.5. The number of carbonyl (C=O) groups excluding carboxylic acids is 4. The van der Waals surface area contributed by atoms with Crippen LogP contribution in [0.1, 0.15) is 80.7 Å². The number of rotatable bonds is 12. The Labute approximate surface area is 361 Å². The number of ether oxygens (including phenoxy) is 4. The normalized spacial score (nSPS) is 28.8. The van der Waals surface area contributed by atoms with E-state index < -0.39 is 83.8 Å². The second kappa shape index (κ2) is 16.5. The number of fused-ring (bicyclic) bond motifs is 5. The highest BCUT2D eigenvalue weighted by Gasteiger charge is 2.77. The molecule has 8 unspecified atom stereocenters. The van der Waals surface area contributed by atoms with Crippen LogP contribution in [0.3, 0.4) is 0 Å². The van der Waals surface area contributed by atoms with Gasteiger partial charge in [-0.05, 0) is 80.3 Å². The highest BCUT2D eigenvalue weighted by Crippen LogP contribution is 2.59. The number of aliphatic hydroxyl groups is 1. The van der Waals surface area contributed by atoms with Crippen LogP contribution in [0.5, 0.6) is 5.75 Å². The summed E-state index contributed by atoms with van der Waals surface area (Å²) in [5.41, 5.74) is 2.69. The van der Waals surface area contributed by atoms with Crippen molar-refractivity contribution < 1.29 is 53.2 Å². The summed E-state index contributed by atoms with van der Waals surface area (Å²) >= 11 is 0. The van der Waals surface area contributed by atoms with Crippen LogP contribution in [0.2, 0.25) is 0 Å². The fraction of sp³-hybridized carbons (Fsp3) is 0.500. The lowest BCUT2D eigenvalue weighted by atomic mass is 9.62. The molecule has 2 bridgehead atoms. The number of amides is 2. The van der Waals surface area contributed by atoms with Gasteiger partial charge in [0.15, 0.2) is 11.8 Å². The van der Waals surface area contributed by atoms with Crippen molar-refractivity contribution in [2.24, 2.45) is 5.41 Å². The molecule has 1 spiro atoms. The first-order valence-electron chi connectivity index (χ1n) is 21.8. The van der Waals surface area contributed by atoms with E-state index in [1.54, 1.807) is 42.9 Å². The summed E-state index contributed by atoms with van der Waals surface area (Å²) in [7, 11) is 0. The highest BCUT2D eigenvalue weighted by atomic mass is 16.8. The number of carbonyl (C=O) groups is 4. The fourth-order valence-electron chi connectivity index (χ4n) is 10.4. The maximum Gasteiger partial charge on any atom is 0.327 e. The molecule has 14 heteroatoms. The van der Waals surface area contributed by atoms with Gasteiger partial charge in [-0.3, -0.25) is 24.0 Å². The van der Waals surface area contributed by atoms with E-state index in [1.807, 2.05) is 60.7 Å². The Morgan fingerprint density at radius 3 is 2.40 bits per heavy atom. The zero-order valence-corrected chi connectivity index (χ0v) is 35.4. The van der Waals surface area contributed by atoms with Gasteiger partial charge in [0.25, 0.3) is 0 Å². The van der Waals surface area contributed by atoms with Crippen molar-refractivity contribution in [1.82, 2.24) is 15.3 Å². The standard InChI is InChI=1S/C48H55N3O11/c1-46(2,3)59-38(54)22-21-34(28-52)49-43(55)35-15-9-23-50(35)45(57)48-26-37-39-40(61-47(60-39)24-32-12-4-5-13-33(32)25-47)42(48)62-51(41(48)44(56)58-37)27-30-19-17-29(18-20-30)10-8-14-31-11-6-7-16-36(31)53/h4-8,10-13,16-20,34-35,37,39-42,52-53H,9,14-15,21-28H2,1-3H3,(H,49,55). The maximum absolute atomic E-state index is 15.5. The molecule has 14 nitrogen and oxygen atoms in total. The number of para-hydroxylation sites is 1. The zero-order chi connectivity index (χ0) is 43.4. The number of phenols is 1. The monoisotopic (exact) mass is 849 g/mol. The molecule has 2 aliphatic carbocycles. The van der Waals surface area contributed by atoms with Gasteiger partial charge in [-0.1, -0.05) is 78.9 Å². The van der Waals surface area contributed by atoms with Crippen LogP contribution >= 0.6 is 0 Å². The number of allylic oxidation sites excluding steroid dienone is 1. The van der Waals surface area contributed by atoms with E-state index in [0.717, 1.165) is 27.8 Å². The van der Waals surface area contributed by atoms with Crippen LogP contribution in [-0.2, 0) is 68.8 Å². The van der Waals surface area contributed by atoms with Crippen LogP contribution in [0.25, 0.3) is 6.08 Å². The average Bonchev–Trinajstić information content (AvgIpc) is 4.03. The predicted molar refractivity (Wildman–Crippen MR) is 224 cm³/mol. The van der Waals surface area contributed by atoms with Gasteiger partial charge in [-0.25, -0.2) is 0 Å². The molecule has 3 aromatic rings. The van der Waals surface area contributed by atoms with Crippen LogP contribution < -0.4 is 5.32 Å². The first-order chi connectivity index (χ1) is 29.8. The Hall–Kier alpha value is -5.12. The molecule has 4 aliphatic heterocycles. The van der Waals surface area contributed by atoms with Gasteiger partial charge in [0.1, 0.15) is 47.2 Å². The van der Waals surface area contributed by atoms with Crippen molar-refractivity contribution in [3.8, 4) is 5.75 Å². The second-order valence-corrected chi connectivity index (χ2v) is 18.6. The van der Waals surface area contributed by atoms with Crippen molar-refractivity contribution in [2.75, 3.05) is 13.2 Å². The van der Waals surface area contributed by atoms with E-state index in [0.29, 0.717) is 32.1 Å². The van der Waals surface area contributed by atoms with Crippen molar-refractivity contribution in [2.45, 2.75) is 133 Å². The number of nitrogens with one attached hydrogen (secondary N) is 1. The Bertz CT molecular complexity index is 2210. The second-order valence-electron chi connectivity index (χ2n) is 18.6. The number of aromatic hydroxyl groups is 1. The Kier molecular flexibility index (Phi) is 11.3. The van der Waals surface area contributed by atoms with E-state index in [9.17, 15) is 24.6 Å². The summed E-state index contributed by atoms with van der Waals surface area (Å²) in [6, 6.07) is 20.4. The Morgan fingerprint density at radius 2 is 1.69 bits per heavy atom. The summed E-state index contributed by atoms with van der Waals surface area (Å²) in [5, 5.41) is 24.8. The number of phenolic OH excluding ortho intramolecular Hbond substituents is 1. The number of esters is 2. The summed E-state index contributed by atoms with van der Waals surface area (Å²) in [4.78, 5) is 64.8. The van der Waals surface area contributed by atoms with Crippen molar-refractivity contribution >= 4 is 29.8 Å². The van der Waals surface area contributed by atoms with E-state index in [1.165, 1.54) is 0 Å². The molecule has 3 aromatic carbocycles. The highest BCUT2D eigenvalue weighted by molar-refractivity contribution is 5.96. The molecule has 62 heavy (non-hydrogen) atoms. The zero-order valence-electron chi connectivity index (χ0n) is 35.4. The first kappa shape index (κ1) is 42.2. The van der Waals surface area contributed by atoms with Gasteiger partial charge < -0.3 is 39.4 Å². The van der Waals surface area contributed by atoms with Crippen molar-refractivity contribution in [3.05, 3.63) is 107 Å². The number of likely N-dealkylation sites (tertiary alicyclic amines) is 1. The average molecular weight is 850 g/mol. The number of hydroxylamine groups is 2. The van der Waals surface area contributed by atoms with E-state index in [4.69, 9.17) is 23.8 Å². The van der Waals surface area contributed by atoms with Crippen LogP contribution in [-0.4, -0.2) is 111 Å². The lowest BCUT2D eigenvalue weighted by molar-refractivity contribution is -0.218. The topological polar surface area (TPSA) is 173 Å². The van der Waals surface area contributed by atoms with Gasteiger partial charge in [0.05, 0.1) is 19.2 Å². The number of nitrogens with zero attached hydrogens (tertiary/aromatic N) is 2. The Morgan fingerprint density at radius 1 is 0.984 bits per heavy atom. The molecule has 9 rings (SSSR count). The molecule has 0 aromatic heterocycles. The summed E-state index contributed by atoms with van der Waals surface area (Å²) in [5.74, 6) is -2.63. The Balaban J connectivity index is 0.975. The molecule has 3 N–H and O–H groups in total. The smallest absolute Gasteiger partial charge is 0.327 e. The fourth-order valence-corrected chi connectivity index (χ4v) is 10.4. The van der Waals surface area contributed by atoms with E-state index in [-0.39, 0.29) is 44.0 Å². The number of hydrogen-bond acceptors (Lipinski definition) is 12. The quantitative estimate of drug-likeness (QED) is 0.221. The molecule has 5 fully saturated rings. The number of hydrogen-bond donors (Lipinski definition) is 3. The van der Waals surface area contributed by atoms with Crippen molar-refractivity contribution in [1.29, 1.82) is 0 Å². The van der Waals surface area contributed by atoms with E-state index in [2.05, 4.69) is 17.4 Å². The summed E-state index contributed by atoms with van der Waals surface area (Å²) < 4.78 is 25.3. The van der Waals surface area contributed by atoms with Gasteiger partial charge in [0, 0.05) is 32.2 Å². The minimum absolute atomic E-state index is 0.00446. The van der Waals surface area contributed by atoms with Gasteiger partial charge in [-0.15, -0.1) is 0 Å². The molecule has 8 atom stereocenters. The lowest BCUT2D eigenvalue weighted by Gasteiger charge is -2.50. The number of aliphatic hydroxyl groups excluding tert-OH is 1. The summed E-state index contributed by atoms with van der Waals surface area (Å²) in [6.45, 7) is 5.36. The van der Waals surface area contributed by atoms with E-state index >= 15 is 4.79 Å². The third kappa shape index (κ3) is 7.91. The first-order valence-corrected chi connectivity index (χ1v) is 21.8. The minimum Gasteiger partial charge on any atom is -0.508 e. The molecule has 0 radical (unpaired) electrons. The predicted octanol–water partition coefficient (Wildman–Crippen LogP) is 4.32. The molecule has 328 valence electrons. The van der Waals surface area contributed by atoms with Crippen LogP contribution in [0.15, 0.2) is 78.9 Å². The minimum atomic E-state index is -1.47. The number of benzene rings is 3. The van der Waals surface area contributed by atoms with Crippen LogP contribution in [0.4, 0.5) is 0 Å². The van der Waals surface area contributed by atoms with Gasteiger partial charge in [-0.2, -0.15) is 5.06 Å². The molecule has 6 aliphatic rings. The SMILES string of the molecule is CC(C)(C)OC(=O)CCC(CO)NC(=O)C1CCCN1C(=O)C12CC3OC(=O)C1N(Cc1ccc(C=CCc4ccccc4O)cc1)OC2C1OC2(Cc4ccccc4C2)OC31. The third-order valence-electron chi connectivity index (χ3n) is 13.1. The third-order valence-corrected chi connectivity index (χ3v) is 13.1. The summed E-state index contributed by atoms with van der Waals surface area (Å²) in [6.07, 6.45) is 3.56. The molecule has 4 heterocycles. The van der Waals surface area contributed by atoms with Gasteiger partial charge >= 0.3 is 11.9 Å². The molecular formula is C48H55N3O11. The molecule has 4 saturated heterocycles. The van der Waals surface area contributed by atoms with Gasteiger partial charge in [0.2, 0.25) is 11.8 Å². The van der Waals surface area contributed by atoms with Crippen LogP contribution in [0, 0.1) is 5.41 Å². The van der Waals surface area contributed by atoms with Crippen molar-refractivity contribution in [3.63, 3.8) is 0 Å². The lowest BCUT2D eigenvalue weighted by Crippen LogP contribution is -2.70.